The van der Waals surface area contributed by atoms with Crippen LogP contribution in [0.3, 0.4) is 0 Å². The molecule has 6 nitrogen and oxygen atoms in total. The molecule has 0 saturated heterocycles. The molecule has 6 heteroatoms. The lowest BCUT2D eigenvalue weighted by atomic mass is 9.95. The van der Waals surface area contributed by atoms with E-state index in [2.05, 4.69) is 36.3 Å². The van der Waals surface area contributed by atoms with E-state index in [1.54, 1.807) is 4.68 Å². The summed E-state index contributed by atoms with van der Waals surface area (Å²) in [5, 5.41) is 20.5. The highest BCUT2D eigenvalue weighted by atomic mass is 16.4. The van der Waals surface area contributed by atoms with E-state index in [9.17, 15) is 4.79 Å². The number of aromatic nitrogens is 4. The zero-order valence-corrected chi connectivity index (χ0v) is 11.9. The number of carboxylic acids is 1. The van der Waals surface area contributed by atoms with Crippen molar-refractivity contribution in [2.24, 2.45) is 0 Å². The van der Waals surface area contributed by atoms with Crippen molar-refractivity contribution in [3.63, 3.8) is 0 Å². The molecular formula is C14H18N4O2. The van der Waals surface area contributed by atoms with E-state index < -0.39 is 5.97 Å². The fraction of sp³-hybridized carbons (Fsp3) is 0.429. The topological polar surface area (TPSA) is 80.9 Å². The molecule has 20 heavy (non-hydrogen) atoms. The molecule has 0 fully saturated rings. The van der Waals surface area contributed by atoms with Crippen molar-refractivity contribution in [2.45, 2.75) is 39.0 Å². The van der Waals surface area contributed by atoms with Crippen LogP contribution >= 0.6 is 0 Å². The summed E-state index contributed by atoms with van der Waals surface area (Å²) in [7, 11) is 0. The molecule has 1 heterocycles. The maximum absolute atomic E-state index is 10.6. The average molecular weight is 274 g/mol. The van der Waals surface area contributed by atoms with Gasteiger partial charge in [0, 0.05) is 11.8 Å². The summed E-state index contributed by atoms with van der Waals surface area (Å²) < 4.78 is 1.71. The van der Waals surface area contributed by atoms with E-state index in [-0.39, 0.29) is 11.8 Å². The molecule has 0 spiro atoms. The molecule has 0 saturated carbocycles. The highest BCUT2D eigenvalue weighted by molar-refractivity contribution is 5.67. The van der Waals surface area contributed by atoms with Crippen LogP contribution in [0.1, 0.15) is 38.6 Å². The van der Waals surface area contributed by atoms with Gasteiger partial charge in [-0.2, -0.15) is 4.68 Å². The van der Waals surface area contributed by atoms with Crippen molar-refractivity contribution in [1.82, 2.24) is 20.2 Å². The lowest BCUT2D eigenvalue weighted by molar-refractivity contribution is -0.136. The van der Waals surface area contributed by atoms with Crippen molar-refractivity contribution in [3.8, 4) is 5.69 Å². The Morgan fingerprint density at radius 1 is 1.25 bits per heavy atom. The summed E-state index contributed by atoms with van der Waals surface area (Å²) in [5.74, 6) is 0.000331. The minimum Gasteiger partial charge on any atom is -0.481 e. The van der Waals surface area contributed by atoms with E-state index in [0.717, 1.165) is 17.1 Å². The van der Waals surface area contributed by atoms with Gasteiger partial charge in [-0.05, 0) is 34.5 Å². The summed E-state index contributed by atoms with van der Waals surface area (Å²) in [4.78, 5) is 10.6. The van der Waals surface area contributed by atoms with Gasteiger partial charge in [-0.3, -0.25) is 4.79 Å². The number of tetrazole rings is 1. The molecule has 0 aliphatic heterocycles. The standard InChI is InChI=1S/C14H18N4O2/c1-14(2,3)13-15-16-17-18(13)11-7-4-10(5-8-11)6-9-12(19)20/h4-5,7-8H,6,9H2,1-3H3,(H,19,20). The molecule has 0 atom stereocenters. The van der Waals surface area contributed by atoms with Crippen LogP contribution in [0.25, 0.3) is 5.69 Å². The molecule has 1 N–H and O–H groups in total. The lowest BCUT2D eigenvalue weighted by Gasteiger charge is -2.17. The van der Waals surface area contributed by atoms with Crippen LogP contribution in [0.5, 0.6) is 0 Å². The first kappa shape index (κ1) is 14.2. The molecule has 0 amide bonds. The first-order valence-corrected chi connectivity index (χ1v) is 6.48. The van der Waals surface area contributed by atoms with E-state index in [1.807, 2.05) is 24.3 Å². The predicted molar refractivity (Wildman–Crippen MR) is 73.8 cm³/mol. The average Bonchev–Trinajstić information content (AvgIpc) is 2.86. The molecule has 1 aromatic carbocycles. The third-order valence-electron chi connectivity index (χ3n) is 2.95. The van der Waals surface area contributed by atoms with Gasteiger partial charge in [0.2, 0.25) is 0 Å². The van der Waals surface area contributed by atoms with Crippen LogP contribution in [-0.2, 0) is 16.6 Å². The largest absolute Gasteiger partial charge is 0.481 e. The molecule has 1 aromatic heterocycles. The monoisotopic (exact) mass is 274 g/mol. The molecule has 0 bridgehead atoms. The second-order valence-corrected chi connectivity index (χ2v) is 5.72. The van der Waals surface area contributed by atoms with Crippen molar-refractivity contribution in [1.29, 1.82) is 0 Å². The number of carboxylic acid groups (broad SMARTS) is 1. The van der Waals surface area contributed by atoms with Gasteiger partial charge in [-0.15, -0.1) is 5.10 Å². The minimum absolute atomic E-state index is 0.136. The number of nitrogens with zero attached hydrogens (tertiary/aromatic N) is 4. The Morgan fingerprint density at radius 3 is 2.45 bits per heavy atom. The van der Waals surface area contributed by atoms with Gasteiger partial charge in [0.25, 0.3) is 0 Å². The maximum atomic E-state index is 10.6. The third-order valence-corrected chi connectivity index (χ3v) is 2.95. The molecule has 0 radical (unpaired) electrons. The van der Waals surface area contributed by atoms with Crippen LogP contribution in [0.15, 0.2) is 24.3 Å². The lowest BCUT2D eigenvalue weighted by Crippen LogP contribution is -2.18. The number of aryl methyl sites for hydroxylation is 1. The van der Waals surface area contributed by atoms with Gasteiger partial charge >= 0.3 is 5.97 Å². The Hall–Kier alpha value is -2.24. The van der Waals surface area contributed by atoms with Gasteiger partial charge in [0.1, 0.15) is 0 Å². The molecular weight excluding hydrogens is 256 g/mol. The van der Waals surface area contributed by atoms with Crippen LogP contribution in [0.4, 0.5) is 0 Å². The van der Waals surface area contributed by atoms with E-state index in [1.165, 1.54) is 0 Å². The van der Waals surface area contributed by atoms with Gasteiger partial charge in [-0.25, -0.2) is 0 Å². The Morgan fingerprint density at radius 2 is 1.90 bits per heavy atom. The van der Waals surface area contributed by atoms with Crippen molar-refractivity contribution < 1.29 is 9.90 Å². The number of benzene rings is 1. The highest BCUT2D eigenvalue weighted by Gasteiger charge is 2.22. The van der Waals surface area contributed by atoms with E-state index in [0.29, 0.717) is 6.42 Å². The Balaban J connectivity index is 2.22. The van der Waals surface area contributed by atoms with Crippen LogP contribution in [0.2, 0.25) is 0 Å². The van der Waals surface area contributed by atoms with Gasteiger partial charge in [0.05, 0.1) is 5.69 Å². The third kappa shape index (κ3) is 3.20. The smallest absolute Gasteiger partial charge is 0.303 e. The fourth-order valence-corrected chi connectivity index (χ4v) is 1.88. The minimum atomic E-state index is -0.787. The fourth-order valence-electron chi connectivity index (χ4n) is 1.88. The normalized spacial score (nSPS) is 11.6. The van der Waals surface area contributed by atoms with Crippen molar-refractivity contribution >= 4 is 5.97 Å². The van der Waals surface area contributed by atoms with E-state index in [4.69, 9.17) is 5.11 Å². The molecule has 2 aromatic rings. The second-order valence-electron chi connectivity index (χ2n) is 5.72. The molecule has 0 aliphatic rings. The quantitative estimate of drug-likeness (QED) is 0.922. The SMILES string of the molecule is CC(C)(C)c1nnnn1-c1ccc(CCC(=O)O)cc1. The Bertz CT molecular complexity index is 596. The first-order valence-electron chi connectivity index (χ1n) is 6.48. The summed E-state index contributed by atoms with van der Waals surface area (Å²) in [6, 6.07) is 7.63. The van der Waals surface area contributed by atoms with Gasteiger partial charge in [-0.1, -0.05) is 32.9 Å². The number of hydrogen-bond donors (Lipinski definition) is 1. The number of hydrogen-bond acceptors (Lipinski definition) is 4. The van der Waals surface area contributed by atoms with Crippen LogP contribution < -0.4 is 0 Å². The van der Waals surface area contributed by atoms with Gasteiger partial charge in [0.15, 0.2) is 5.82 Å². The molecule has 106 valence electrons. The summed E-state index contributed by atoms with van der Waals surface area (Å²) >= 11 is 0. The molecule has 0 aliphatic carbocycles. The van der Waals surface area contributed by atoms with Crippen LogP contribution in [-0.4, -0.2) is 31.3 Å². The van der Waals surface area contributed by atoms with E-state index >= 15 is 0 Å². The van der Waals surface area contributed by atoms with Crippen molar-refractivity contribution in [2.75, 3.05) is 0 Å². The highest BCUT2D eigenvalue weighted by Crippen LogP contribution is 2.21. The number of rotatable bonds is 4. The molecule has 0 unspecified atom stereocenters. The maximum Gasteiger partial charge on any atom is 0.303 e. The summed E-state index contributed by atoms with van der Waals surface area (Å²) in [5.41, 5.74) is 1.71. The Kier molecular flexibility index (Phi) is 3.83. The Labute approximate surface area is 117 Å². The predicted octanol–water partition coefficient (Wildman–Crippen LogP) is 1.98. The zero-order chi connectivity index (χ0) is 14.8. The number of aliphatic carboxylic acids is 1. The summed E-state index contributed by atoms with van der Waals surface area (Å²) in [6.45, 7) is 6.16. The van der Waals surface area contributed by atoms with Crippen molar-refractivity contribution in [3.05, 3.63) is 35.7 Å². The van der Waals surface area contributed by atoms with Crippen LogP contribution in [0, 0.1) is 0 Å². The summed E-state index contributed by atoms with van der Waals surface area (Å²) in [6.07, 6.45) is 0.662. The molecule has 2 rings (SSSR count). The second kappa shape index (κ2) is 5.40. The number of carbonyl (C=O) groups is 1. The zero-order valence-electron chi connectivity index (χ0n) is 11.9. The first-order chi connectivity index (χ1) is 9.38. The van der Waals surface area contributed by atoms with Gasteiger partial charge < -0.3 is 5.11 Å².